The van der Waals surface area contributed by atoms with Crippen LogP contribution in [0.2, 0.25) is 0 Å². The van der Waals surface area contributed by atoms with Gasteiger partial charge in [-0.1, -0.05) is 36.8 Å². The molecule has 1 heterocycles. The first-order chi connectivity index (χ1) is 8.20. The molecule has 0 spiro atoms. The van der Waals surface area contributed by atoms with Gasteiger partial charge in [-0.3, -0.25) is 0 Å². The molecule has 1 aliphatic heterocycles. The van der Waals surface area contributed by atoms with Crippen LogP contribution in [0.25, 0.3) is 0 Å². The zero-order valence-corrected chi connectivity index (χ0v) is 10.7. The number of piperidine rings is 1. The van der Waals surface area contributed by atoms with Gasteiger partial charge in [-0.2, -0.15) is 5.26 Å². The zero-order chi connectivity index (χ0) is 12.3. The molecule has 2 heteroatoms. The highest BCUT2D eigenvalue weighted by Gasteiger charge is 2.35. The molecule has 0 aliphatic carbocycles. The van der Waals surface area contributed by atoms with Crippen molar-refractivity contribution in [3.63, 3.8) is 0 Å². The smallest absolute Gasteiger partial charge is 0.0846 e. The summed E-state index contributed by atoms with van der Waals surface area (Å²) in [5, 5.41) is 9.55. The van der Waals surface area contributed by atoms with E-state index in [4.69, 9.17) is 0 Å². The number of hydrogen-bond donors (Lipinski definition) is 0. The fourth-order valence-corrected chi connectivity index (χ4v) is 2.59. The van der Waals surface area contributed by atoms with Crippen molar-refractivity contribution < 1.29 is 0 Å². The molecule has 1 saturated heterocycles. The average Bonchev–Trinajstić information content (AvgIpc) is 2.40. The minimum absolute atomic E-state index is 0.251. The second kappa shape index (κ2) is 4.89. The third kappa shape index (κ3) is 2.35. The van der Waals surface area contributed by atoms with Gasteiger partial charge in [0.05, 0.1) is 11.5 Å². The number of rotatable bonds is 2. The van der Waals surface area contributed by atoms with Crippen LogP contribution in [0.15, 0.2) is 24.3 Å². The Morgan fingerprint density at radius 3 is 2.29 bits per heavy atom. The largest absolute Gasteiger partial charge is 0.303 e. The molecular formula is C15H20N2. The Morgan fingerprint density at radius 1 is 1.24 bits per heavy atom. The maximum atomic E-state index is 9.55. The molecule has 1 aromatic carbocycles. The van der Waals surface area contributed by atoms with Crippen LogP contribution in [0.5, 0.6) is 0 Å². The van der Waals surface area contributed by atoms with Crippen molar-refractivity contribution in [2.24, 2.45) is 0 Å². The summed E-state index contributed by atoms with van der Waals surface area (Å²) < 4.78 is 0. The van der Waals surface area contributed by atoms with Crippen molar-refractivity contribution in [3.8, 4) is 6.07 Å². The van der Waals surface area contributed by atoms with Gasteiger partial charge < -0.3 is 4.90 Å². The lowest BCUT2D eigenvalue weighted by Crippen LogP contribution is -2.41. The van der Waals surface area contributed by atoms with Gasteiger partial charge in [-0.25, -0.2) is 0 Å². The van der Waals surface area contributed by atoms with Crippen molar-refractivity contribution in [3.05, 3.63) is 35.4 Å². The predicted octanol–water partition coefficient (Wildman–Crippen LogP) is 2.87. The number of nitrogens with zero attached hydrogens (tertiary/aromatic N) is 2. The van der Waals surface area contributed by atoms with Gasteiger partial charge in [0.15, 0.2) is 0 Å². The molecule has 0 saturated carbocycles. The Hall–Kier alpha value is -1.33. The monoisotopic (exact) mass is 228 g/mol. The van der Waals surface area contributed by atoms with E-state index in [0.717, 1.165) is 32.5 Å². The molecule has 0 unspecified atom stereocenters. The lowest BCUT2D eigenvalue weighted by atomic mass is 9.74. The Balaban J connectivity index is 2.22. The van der Waals surface area contributed by atoms with E-state index in [1.54, 1.807) is 0 Å². The highest BCUT2D eigenvalue weighted by atomic mass is 15.1. The molecule has 90 valence electrons. The minimum atomic E-state index is -0.251. The molecule has 0 N–H and O–H groups in total. The van der Waals surface area contributed by atoms with Gasteiger partial charge in [-0.15, -0.1) is 0 Å². The molecule has 2 rings (SSSR count). The third-order valence-electron chi connectivity index (χ3n) is 3.97. The van der Waals surface area contributed by atoms with Crippen LogP contribution in [0.3, 0.4) is 0 Å². The highest BCUT2D eigenvalue weighted by molar-refractivity contribution is 5.35. The third-order valence-corrected chi connectivity index (χ3v) is 3.97. The van der Waals surface area contributed by atoms with E-state index in [0.29, 0.717) is 0 Å². The molecule has 17 heavy (non-hydrogen) atoms. The summed E-state index contributed by atoms with van der Waals surface area (Å²) in [6, 6.07) is 11.0. The van der Waals surface area contributed by atoms with Crippen molar-refractivity contribution in [2.75, 3.05) is 19.6 Å². The quantitative estimate of drug-likeness (QED) is 0.778. The van der Waals surface area contributed by atoms with Gasteiger partial charge in [0.1, 0.15) is 0 Å². The molecule has 0 amide bonds. The Bertz CT molecular complexity index is 406. The number of nitriles is 1. The van der Waals surface area contributed by atoms with Crippen LogP contribution in [0, 0.1) is 18.3 Å². The first kappa shape index (κ1) is 12.1. The molecule has 0 aromatic heterocycles. The Kier molecular flexibility index (Phi) is 3.49. The van der Waals surface area contributed by atoms with Crippen molar-refractivity contribution in [1.29, 1.82) is 5.26 Å². The first-order valence-electron chi connectivity index (χ1n) is 6.41. The van der Waals surface area contributed by atoms with E-state index in [1.807, 2.05) is 0 Å². The Labute approximate surface area is 104 Å². The number of hydrogen-bond acceptors (Lipinski definition) is 2. The second-order valence-corrected chi connectivity index (χ2v) is 4.99. The molecular weight excluding hydrogens is 208 g/mol. The predicted molar refractivity (Wildman–Crippen MR) is 69.8 cm³/mol. The average molecular weight is 228 g/mol. The molecule has 0 radical (unpaired) electrons. The fraction of sp³-hybridized carbons (Fsp3) is 0.533. The minimum Gasteiger partial charge on any atom is -0.303 e. The summed E-state index contributed by atoms with van der Waals surface area (Å²) >= 11 is 0. The highest BCUT2D eigenvalue weighted by Crippen LogP contribution is 2.34. The lowest BCUT2D eigenvalue weighted by Gasteiger charge is -2.37. The van der Waals surface area contributed by atoms with E-state index in [-0.39, 0.29) is 5.41 Å². The first-order valence-corrected chi connectivity index (χ1v) is 6.41. The van der Waals surface area contributed by atoms with E-state index in [2.05, 4.69) is 49.1 Å². The summed E-state index contributed by atoms with van der Waals surface area (Å²) in [6.07, 6.45) is 1.92. The van der Waals surface area contributed by atoms with Crippen LogP contribution in [-0.4, -0.2) is 24.5 Å². The lowest BCUT2D eigenvalue weighted by molar-refractivity contribution is 0.194. The molecule has 1 fully saturated rings. The summed E-state index contributed by atoms with van der Waals surface area (Å²) in [5.74, 6) is 0. The summed E-state index contributed by atoms with van der Waals surface area (Å²) in [4.78, 5) is 2.42. The van der Waals surface area contributed by atoms with E-state index in [9.17, 15) is 5.26 Å². The van der Waals surface area contributed by atoms with Gasteiger partial charge >= 0.3 is 0 Å². The topological polar surface area (TPSA) is 27.0 Å². The Morgan fingerprint density at radius 2 is 1.82 bits per heavy atom. The molecule has 1 aromatic rings. The van der Waals surface area contributed by atoms with Gasteiger partial charge in [0.2, 0.25) is 0 Å². The van der Waals surface area contributed by atoms with Crippen molar-refractivity contribution in [1.82, 2.24) is 4.90 Å². The van der Waals surface area contributed by atoms with Gasteiger partial charge in [-0.05, 0) is 45.0 Å². The maximum Gasteiger partial charge on any atom is 0.0846 e. The summed E-state index contributed by atoms with van der Waals surface area (Å²) in [5.41, 5.74) is 2.20. The standard InChI is InChI=1S/C15H20N2/c1-3-17-10-8-15(12-16,9-11-17)14-6-4-13(2)5-7-14/h4-7H,3,8-11H2,1-2H3. The van der Waals surface area contributed by atoms with E-state index in [1.165, 1.54) is 11.1 Å². The number of benzene rings is 1. The van der Waals surface area contributed by atoms with E-state index < -0.39 is 0 Å². The van der Waals surface area contributed by atoms with E-state index >= 15 is 0 Å². The molecule has 2 nitrogen and oxygen atoms in total. The van der Waals surface area contributed by atoms with Crippen LogP contribution >= 0.6 is 0 Å². The van der Waals surface area contributed by atoms with Crippen LogP contribution in [-0.2, 0) is 5.41 Å². The molecule has 0 atom stereocenters. The fourth-order valence-electron chi connectivity index (χ4n) is 2.59. The summed E-state index contributed by atoms with van der Waals surface area (Å²) in [7, 11) is 0. The van der Waals surface area contributed by atoms with Gasteiger partial charge in [0.25, 0.3) is 0 Å². The zero-order valence-electron chi connectivity index (χ0n) is 10.7. The van der Waals surface area contributed by atoms with Crippen molar-refractivity contribution in [2.45, 2.75) is 32.1 Å². The van der Waals surface area contributed by atoms with Crippen LogP contribution in [0.4, 0.5) is 0 Å². The number of aryl methyl sites for hydroxylation is 1. The molecule has 0 bridgehead atoms. The maximum absolute atomic E-state index is 9.55. The SMILES string of the molecule is CCN1CCC(C#N)(c2ccc(C)cc2)CC1. The van der Waals surface area contributed by atoms with Crippen LogP contribution < -0.4 is 0 Å². The number of likely N-dealkylation sites (tertiary alicyclic amines) is 1. The van der Waals surface area contributed by atoms with Gasteiger partial charge in [0, 0.05) is 0 Å². The summed E-state index contributed by atoms with van der Waals surface area (Å²) in [6.45, 7) is 7.44. The van der Waals surface area contributed by atoms with Crippen LogP contribution in [0.1, 0.15) is 30.9 Å². The molecule has 1 aliphatic rings. The van der Waals surface area contributed by atoms with Crippen molar-refractivity contribution >= 4 is 0 Å². The normalized spacial score (nSPS) is 19.8. The second-order valence-electron chi connectivity index (χ2n) is 4.99.